The summed E-state index contributed by atoms with van der Waals surface area (Å²) in [4.78, 5) is 27.8. The first-order valence-electron chi connectivity index (χ1n) is 10.8. The van der Waals surface area contributed by atoms with E-state index in [9.17, 15) is 22.4 Å². The van der Waals surface area contributed by atoms with Gasteiger partial charge in [0.1, 0.15) is 18.4 Å². The Morgan fingerprint density at radius 1 is 1.09 bits per heavy atom. The first kappa shape index (κ1) is 26.3. The molecule has 2 aromatic carbocycles. The van der Waals surface area contributed by atoms with E-state index in [2.05, 4.69) is 5.32 Å². The maximum atomic E-state index is 13.5. The molecule has 0 radical (unpaired) electrons. The van der Waals surface area contributed by atoms with Gasteiger partial charge in [-0.05, 0) is 57.0 Å². The summed E-state index contributed by atoms with van der Waals surface area (Å²) >= 11 is 0. The average Bonchev–Trinajstić information content (AvgIpc) is 2.71. The summed E-state index contributed by atoms with van der Waals surface area (Å²) < 4.78 is 39.2. The van der Waals surface area contributed by atoms with E-state index in [-0.39, 0.29) is 24.2 Å². The minimum Gasteiger partial charge on any atom is -0.352 e. The zero-order valence-electron chi connectivity index (χ0n) is 19.7. The van der Waals surface area contributed by atoms with Crippen LogP contribution in [-0.4, -0.2) is 50.0 Å². The number of rotatable bonds is 10. The lowest BCUT2D eigenvalue weighted by molar-refractivity contribution is -0.140. The number of nitrogens with one attached hydrogen (secondary N) is 1. The second-order valence-electron chi connectivity index (χ2n) is 8.34. The molecule has 0 aliphatic rings. The molecule has 0 fully saturated rings. The van der Waals surface area contributed by atoms with Crippen molar-refractivity contribution in [1.82, 2.24) is 10.2 Å². The van der Waals surface area contributed by atoms with Crippen LogP contribution in [0.15, 0.2) is 48.5 Å². The van der Waals surface area contributed by atoms with Crippen molar-refractivity contribution in [3.8, 4) is 0 Å². The van der Waals surface area contributed by atoms with Crippen LogP contribution in [0.1, 0.15) is 38.3 Å². The molecule has 0 saturated carbocycles. The van der Waals surface area contributed by atoms with Gasteiger partial charge in [-0.25, -0.2) is 12.8 Å². The molecule has 1 N–H and O–H groups in total. The lowest BCUT2D eigenvalue weighted by Crippen LogP contribution is -2.53. The molecule has 1 atom stereocenters. The number of aryl methyl sites for hydroxylation is 1. The van der Waals surface area contributed by atoms with Gasteiger partial charge in [0.2, 0.25) is 21.8 Å². The molecule has 9 heteroatoms. The highest BCUT2D eigenvalue weighted by atomic mass is 32.2. The van der Waals surface area contributed by atoms with Gasteiger partial charge in [0.05, 0.1) is 11.9 Å². The second kappa shape index (κ2) is 11.3. The SMILES string of the molecule is CC[C@H](C(=O)NC(C)C)N(Cc1cccc(C)c1)C(=O)CN(c1ccc(F)cc1)S(C)(=O)=O. The fraction of sp³-hybridized carbons (Fsp3) is 0.417. The predicted octanol–water partition coefficient (Wildman–Crippen LogP) is 3.23. The summed E-state index contributed by atoms with van der Waals surface area (Å²) in [6.45, 7) is 7.02. The molecule has 2 rings (SSSR count). The molecule has 0 spiro atoms. The molecule has 0 aliphatic carbocycles. The van der Waals surface area contributed by atoms with Crippen LogP contribution in [0.3, 0.4) is 0 Å². The fourth-order valence-corrected chi connectivity index (χ4v) is 4.38. The molecule has 0 saturated heterocycles. The molecular formula is C24H32FN3O4S. The Labute approximate surface area is 195 Å². The number of anilines is 1. The average molecular weight is 478 g/mol. The van der Waals surface area contributed by atoms with Crippen LogP contribution >= 0.6 is 0 Å². The number of benzene rings is 2. The third-order valence-corrected chi connectivity index (χ3v) is 6.19. The van der Waals surface area contributed by atoms with E-state index in [1.165, 1.54) is 17.0 Å². The Morgan fingerprint density at radius 3 is 2.24 bits per heavy atom. The predicted molar refractivity (Wildman–Crippen MR) is 128 cm³/mol. The van der Waals surface area contributed by atoms with E-state index in [4.69, 9.17) is 0 Å². The van der Waals surface area contributed by atoms with Crippen LogP contribution in [0.5, 0.6) is 0 Å². The van der Waals surface area contributed by atoms with Crippen molar-refractivity contribution in [3.63, 3.8) is 0 Å². The van der Waals surface area contributed by atoms with Crippen LogP contribution in [0.4, 0.5) is 10.1 Å². The Hall–Kier alpha value is -2.94. The summed E-state index contributed by atoms with van der Waals surface area (Å²) in [6, 6.07) is 11.5. The fourth-order valence-electron chi connectivity index (χ4n) is 3.53. The Morgan fingerprint density at radius 2 is 1.73 bits per heavy atom. The molecule has 0 bridgehead atoms. The second-order valence-corrected chi connectivity index (χ2v) is 10.3. The maximum absolute atomic E-state index is 13.5. The molecule has 180 valence electrons. The molecular weight excluding hydrogens is 445 g/mol. The number of amides is 2. The lowest BCUT2D eigenvalue weighted by atomic mass is 10.1. The highest BCUT2D eigenvalue weighted by Gasteiger charge is 2.32. The first-order valence-corrected chi connectivity index (χ1v) is 12.7. The van der Waals surface area contributed by atoms with E-state index in [0.717, 1.165) is 33.8 Å². The monoisotopic (exact) mass is 477 g/mol. The van der Waals surface area contributed by atoms with Gasteiger partial charge in [0.15, 0.2) is 0 Å². The highest BCUT2D eigenvalue weighted by Crippen LogP contribution is 2.20. The summed E-state index contributed by atoms with van der Waals surface area (Å²) in [5, 5.41) is 2.84. The van der Waals surface area contributed by atoms with Crippen molar-refractivity contribution in [2.75, 3.05) is 17.1 Å². The zero-order valence-corrected chi connectivity index (χ0v) is 20.5. The van der Waals surface area contributed by atoms with Crippen molar-refractivity contribution in [2.24, 2.45) is 0 Å². The van der Waals surface area contributed by atoms with Crippen LogP contribution in [0.25, 0.3) is 0 Å². The molecule has 0 unspecified atom stereocenters. The number of carbonyl (C=O) groups excluding carboxylic acids is 2. The summed E-state index contributed by atoms with van der Waals surface area (Å²) in [7, 11) is -3.85. The van der Waals surface area contributed by atoms with Gasteiger partial charge in [-0.1, -0.05) is 36.8 Å². The van der Waals surface area contributed by atoms with Gasteiger partial charge in [-0.3, -0.25) is 13.9 Å². The van der Waals surface area contributed by atoms with E-state index in [0.29, 0.717) is 6.42 Å². The smallest absolute Gasteiger partial charge is 0.244 e. The molecule has 7 nitrogen and oxygen atoms in total. The lowest BCUT2D eigenvalue weighted by Gasteiger charge is -2.33. The minimum atomic E-state index is -3.85. The molecule has 0 heterocycles. The quantitative estimate of drug-likeness (QED) is 0.569. The van der Waals surface area contributed by atoms with Gasteiger partial charge in [0, 0.05) is 12.6 Å². The van der Waals surface area contributed by atoms with Gasteiger partial charge in [0.25, 0.3) is 0 Å². The number of hydrogen-bond donors (Lipinski definition) is 1. The van der Waals surface area contributed by atoms with Crippen molar-refractivity contribution < 1.29 is 22.4 Å². The van der Waals surface area contributed by atoms with E-state index >= 15 is 0 Å². The third-order valence-electron chi connectivity index (χ3n) is 5.05. The van der Waals surface area contributed by atoms with Crippen LogP contribution < -0.4 is 9.62 Å². The Bertz CT molecular complexity index is 1070. The van der Waals surface area contributed by atoms with E-state index in [1.54, 1.807) is 6.92 Å². The number of nitrogens with zero attached hydrogens (tertiary/aromatic N) is 2. The first-order chi connectivity index (χ1) is 15.4. The highest BCUT2D eigenvalue weighted by molar-refractivity contribution is 7.92. The van der Waals surface area contributed by atoms with Crippen molar-refractivity contribution in [1.29, 1.82) is 0 Å². The van der Waals surface area contributed by atoms with Gasteiger partial charge in [-0.15, -0.1) is 0 Å². The normalized spacial score (nSPS) is 12.3. The Balaban J connectivity index is 2.43. The van der Waals surface area contributed by atoms with Crippen LogP contribution in [-0.2, 0) is 26.2 Å². The number of halogens is 1. The van der Waals surface area contributed by atoms with Gasteiger partial charge < -0.3 is 10.2 Å². The van der Waals surface area contributed by atoms with Crippen LogP contribution in [0.2, 0.25) is 0 Å². The molecule has 2 aromatic rings. The molecule has 0 aliphatic heterocycles. The van der Waals surface area contributed by atoms with E-state index in [1.807, 2.05) is 45.0 Å². The van der Waals surface area contributed by atoms with Gasteiger partial charge >= 0.3 is 0 Å². The maximum Gasteiger partial charge on any atom is 0.244 e. The number of carbonyl (C=O) groups is 2. The van der Waals surface area contributed by atoms with Crippen molar-refractivity contribution >= 4 is 27.5 Å². The Kier molecular flexibility index (Phi) is 8.99. The number of hydrogen-bond acceptors (Lipinski definition) is 4. The zero-order chi connectivity index (χ0) is 24.8. The van der Waals surface area contributed by atoms with Gasteiger partial charge in [-0.2, -0.15) is 0 Å². The van der Waals surface area contributed by atoms with Crippen molar-refractivity contribution in [2.45, 2.75) is 52.7 Å². The molecule has 0 aromatic heterocycles. The summed E-state index contributed by atoms with van der Waals surface area (Å²) in [6.07, 6.45) is 1.34. The van der Waals surface area contributed by atoms with Crippen molar-refractivity contribution in [3.05, 3.63) is 65.5 Å². The van der Waals surface area contributed by atoms with Crippen LogP contribution in [0, 0.1) is 12.7 Å². The molecule has 33 heavy (non-hydrogen) atoms. The third kappa shape index (κ3) is 7.56. The summed E-state index contributed by atoms with van der Waals surface area (Å²) in [5.41, 5.74) is 2.00. The topological polar surface area (TPSA) is 86.8 Å². The minimum absolute atomic E-state index is 0.116. The standard InChI is InChI=1S/C24H32FN3O4S/c1-6-22(24(30)26-17(2)3)27(15-19-9-7-8-18(4)14-19)23(29)16-28(33(5,31)32)21-12-10-20(25)11-13-21/h7-14,17,22H,6,15-16H2,1-5H3,(H,26,30)/t22-/m1/s1. The largest absolute Gasteiger partial charge is 0.352 e. The molecule has 2 amide bonds. The number of sulfonamides is 1. The van der Waals surface area contributed by atoms with E-state index < -0.39 is 34.3 Å². The summed E-state index contributed by atoms with van der Waals surface area (Å²) in [5.74, 6) is -1.35.